The number of hydrogen-bond acceptors (Lipinski definition) is 5. The molecule has 2 unspecified atom stereocenters. The van der Waals surface area contributed by atoms with Gasteiger partial charge in [-0.25, -0.2) is 0 Å². The van der Waals surface area contributed by atoms with E-state index in [1.807, 2.05) is 67.7 Å². The minimum Gasteiger partial charge on any atom is -0.497 e. The Balaban J connectivity index is 1.43. The number of benzene rings is 3. The molecule has 1 spiro atoms. The number of fused-ring (bicyclic) bond motifs is 1. The molecule has 3 aromatic carbocycles. The predicted molar refractivity (Wildman–Crippen MR) is 159 cm³/mol. The van der Waals surface area contributed by atoms with E-state index >= 15 is 0 Å². The van der Waals surface area contributed by atoms with E-state index in [9.17, 15) is 9.90 Å². The largest absolute Gasteiger partial charge is 0.497 e. The van der Waals surface area contributed by atoms with Crippen molar-refractivity contribution in [2.45, 2.75) is 43.3 Å². The molecule has 1 saturated heterocycles. The number of rotatable bonds is 8. The first-order valence-corrected chi connectivity index (χ1v) is 14.6. The van der Waals surface area contributed by atoms with E-state index in [4.69, 9.17) is 32.7 Å². The van der Waals surface area contributed by atoms with Gasteiger partial charge in [0.25, 0.3) is 5.91 Å². The normalized spacial score (nSPS) is 20.3. The number of aliphatic hydroxyl groups excluding tert-OH is 1. The molecule has 1 fully saturated rings. The number of carbonyl (C=O) groups excluding carboxylic acids is 1. The fourth-order valence-electron chi connectivity index (χ4n) is 6.25. The van der Waals surface area contributed by atoms with E-state index in [-0.39, 0.29) is 17.7 Å². The van der Waals surface area contributed by atoms with Crippen molar-refractivity contribution in [3.63, 3.8) is 0 Å². The van der Waals surface area contributed by atoms with Crippen molar-refractivity contribution in [2.75, 3.05) is 33.8 Å². The third-order valence-electron chi connectivity index (χ3n) is 8.46. The number of carbonyl (C=O) groups is 1. The molecule has 6 nitrogen and oxygen atoms in total. The maximum Gasteiger partial charge on any atom is 0.253 e. The molecule has 2 aliphatic rings. The van der Waals surface area contributed by atoms with Crippen LogP contribution in [0.4, 0.5) is 0 Å². The van der Waals surface area contributed by atoms with Gasteiger partial charge < -0.3 is 24.8 Å². The van der Waals surface area contributed by atoms with Gasteiger partial charge in [0.05, 0.1) is 23.3 Å². The van der Waals surface area contributed by atoms with Crippen molar-refractivity contribution in [3.8, 4) is 11.5 Å². The molecule has 1 amide bonds. The summed E-state index contributed by atoms with van der Waals surface area (Å²) in [7, 11) is 3.45. The van der Waals surface area contributed by atoms with Crippen molar-refractivity contribution < 1.29 is 19.4 Å². The Morgan fingerprint density at radius 1 is 1.10 bits per heavy atom. The molecule has 2 N–H and O–H groups in total. The van der Waals surface area contributed by atoms with Crippen molar-refractivity contribution in [1.29, 1.82) is 0 Å². The number of amides is 1. The summed E-state index contributed by atoms with van der Waals surface area (Å²) in [6.45, 7) is 2.16. The standard InChI is InChI=1S/C32H36Cl2N2O4/c1-36(31(38)21-6-4-3-5-7-21)20-23(22-9-12-27(33)28(34)18-22)8-11-26-30(37)25-19-24(39-2)10-13-29(25)40-32(26)14-16-35-17-15-32/h3-7,9-10,12-13,18-19,23,26,30,35,37H,8,11,14-17,20H2,1-2H3/t23-,26?,30?/m1/s1. The van der Waals surface area contributed by atoms with Crippen LogP contribution in [0, 0.1) is 5.92 Å². The van der Waals surface area contributed by atoms with Crippen LogP contribution in [0.5, 0.6) is 11.5 Å². The van der Waals surface area contributed by atoms with Gasteiger partial charge >= 0.3 is 0 Å². The summed E-state index contributed by atoms with van der Waals surface area (Å²) < 4.78 is 12.2. The molecule has 0 aromatic heterocycles. The highest BCUT2D eigenvalue weighted by Gasteiger charge is 2.49. The average Bonchev–Trinajstić information content (AvgIpc) is 2.98. The molecule has 3 atom stereocenters. The zero-order valence-electron chi connectivity index (χ0n) is 22.9. The minimum atomic E-state index is -0.699. The first-order chi connectivity index (χ1) is 19.3. The molecule has 212 valence electrons. The first kappa shape index (κ1) is 28.7. The lowest BCUT2D eigenvalue weighted by atomic mass is 9.70. The Hall–Kier alpha value is -2.77. The lowest BCUT2D eigenvalue weighted by molar-refractivity contribution is -0.0965. The van der Waals surface area contributed by atoms with Crippen LogP contribution in [-0.2, 0) is 0 Å². The summed E-state index contributed by atoms with van der Waals surface area (Å²) in [6.07, 6.45) is 2.35. The lowest BCUT2D eigenvalue weighted by Gasteiger charge is -2.49. The number of aliphatic hydroxyl groups is 1. The fourth-order valence-corrected chi connectivity index (χ4v) is 6.55. The van der Waals surface area contributed by atoms with Gasteiger partial charge in [-0.05, 0) is 86.8 Å². The third kappa shape index (κ3) is 5.96. The highest BCUT2D eigenvalue weighted by molar-refractivity contribution is 6.42. The fraction of sp³-hybridized carbons (Fsp3) is 0.406. The van der Waals surface area contributed by atoms with Gasteiger partial charge in [-0.3, -0.25) is 4.79 Å². The highest BCUT2D eigenvalue weighted by atomic mass is 35.5. The summed E-state index contributed by atoms with van der Waals surface area (Å²) in [5.41, 5.74) is 1.94. The number of nitrogens with zero attached hydrogens (tertiary/aromatic N) is 1. The SMILES string of the molecule is COc1ccc2c(c1)C(O)C(CC[C@H](CN(C)C(=O)c1ccccc1)c1ccc(Cl)c(Cl)c1)C1(CCNCC1)O2. The molecule has 2 heterocycles. The second kappa shape index (κ2) is 12.4. The van der Waals surface area contributed by atoms with Crippen LogP contribution in [0.1, 0.15) is 59.2 Å². The van der Waals surface area contributed by atoms with Crippen molar-refractivity contribution in [2.24, 2.45) is 5.92 Å². The molecule has 0 saturated carbocycles. The summed E-state index contributed by atoms with van der Waals surface area (Å²) in [5, 5.41) is 16.2. The number of ether oxygens (including phenoxy) is 2. The van der Waals surface area contributed by atoms with Crippen LogP contribution in [0.2, 0.25) is 10.0 Å². The zero-order valence-corrected chi connectivity index (χ0v) is 24.4. The van der Waals surface area contributed by atoms with Crippen molar-refractivity contribution in [3.05, 3.63) is 93.5 Å². The molecule has 0 radical (unpaired) electrons. The van der Waals surface area contributed by atoms with Gasteiger partial charge in [0.2, 0.25) is 0 Å². The number of halogens is 2. The molecule has 0 aliphatic carbocycles. The van der Waals surface area contributed by atoms with Gasteiger partial charge in [-0.2, -0.15) is 0 Å². The smallest absolute Gasteiger partial charge is 0.253 e. The number of hydrogen-bond donors (Lipinski definition) is 2. The summed E-state index contributed by atoms with van der Waals surface area (Å²) >= 11 is 12.7. The quantitative estimate of drug-likeness (QED) is 0.317. The van der Waals surface area contributed by atoms with E-state index in [1.54, 1.807) is 18.1 Å². The van der Waals surface area contributed by atoms with Gasteiger partial charge in [-0.1, -0.05) is 47.5 Å². The van der Waals surface area contributed by atoms with Crippen LogP contribution < -0.4 is 14.8 Å². The predicted octanol–water partition coefficient (Wildman–Crippen LogP) is 6.50. The minimum absolute atomic E-state index is 0.0231. The van der Waals surface area contributed by atoms with Gasteiger partial charge in [-0.15, -0.1) is 0 Å². The highest BCUT2D eigenvalue weighted by Crippen LogP contribution is 2.50. The molecule has 40 heavy (non-hydrogen) atoms. The number of piperidine rings is 1. The number of methoxy groups -OCH3 is 1. The Bertz CT molecular complexity index is 1330. The lowest BCUT2D eigenvalue weighted by Crippen LogP contribution is -2.55. The second-order valence-corrected chi connectivity index (χ2v) is 11.7. The Kier molecular flexibility index (Phi) is 8.91. The maximum atomic E-state index is 13.2. The van der Waals surface area contributed by atoms with E-state index < -0.39 is 11.7 Å². The number of likely N-dealkylation sites (N-methyl/N-ethyl adjacent to an activating group) is 1. The van der Waals surface area contributed by atoms with E-state index in [0.29, 0.717) is 34.3 Å². The van der Waals surface area contributed by atoms with Crippen LogP contribution in [0.15, 0.2) is 66.7 Å². The first-order valence-electron chi connectivity index (χ1n) is 13.8. The molecular weight excluding hydrogens is 547 g/mol. The summed E-state index contributed by atoms with van der Waals surface area (Å²) in [5.74, 6) is 1.22. The Labute approximate surface area is 246 Å². The van der Waals surface area contributed by atoms with Crippen LogP contribution in [0.3, 0.4) is 0 Å². The van der Waals surface area contributed by atoms with E-state index in [0.717, 1.165) is 49.2 Å². The summed E-state index contributed by atoms with van der Waals surface area (Å²) in [6, 6.07) is 20.6. The second-order valence-electron chi connectivity index (χ2n) is 10.9. The van der Waals surface area contributed by atoms with Crippen LogP contribution in [-0.4, -0.2) is 55.3 Å². The average molecular weight is 584 g/mol. The number of nitrogens with one attached hydrogen (secondary N) is 1. The monoisotopic (exact) mass is 582 g/mol. The molecule has 0 bridgehead atoms. The van der Waals surface area contributed by atoms with Gasteiger partial charge in [0, 0.05) is 36.6 Å². The molecule has 3 aromatic rings. The third-order valence-corrected chi connectivity index (χ3v) is 9.20. The summed E-state index contributed by atoms with van der Waals surface area (Å²) in [4.78, 5) is 15.0. The van der Waals surface area contributed by atoms with E-state index in [1.165, 1.54) is 0 Å². The Morgan fingerprint density at radius 3 is 2.55 bits per heavy atom. The Morgan fingerprint density at radius 2 is 1.85 bits per heavy atom. The molecular formula is C32H36Cl2N2O4. The van der Waals surface area contributed by atoms with Gasteiger partial charge in [0.1, 0.15) is 17.1 Å². The van der Waals surface area contributed by atoms with Crippen LogP contribution >= 0.6 is 23.2 Å². The maximum absolute atomic E-state index is 13.2. The zero-order chi connectivity index (χ0) is 28.3. The molecule has 8 heteroatoms. The van der Waals surface area contributed by atoms with Crippen molar-refractivity contribution >= 4 is 29.1 Å². The molecule has 5 rings (SSSR count). The topological polar surface area (TPSA) is 71.0 Å². The van der Waals surface area contributed by atoms with Crippen LogP contribution in [0.25, 0.3) is 0 Å². The molecule has 2 aliphatic heterocycles. The van der Waals surface area contributed by atoms with E-state index in [2.05, 4.69) is 5.32 Å². The van der Waals surface area contributed by atoms with Gasteiger partial charge in [0.15, 0.2) is 0 Å². The van der Waals surface area contributed by atoms with Crippen molar-refractivity contribution in [1.82, 2.24) is 10.2 Å².